The standard InChI is InChI=1S/C43H60Si/c1-13-26(5)34-20-35(27(6)14-2)23-38(22-34)40-18-17-19-41(44-43-32(11)30(9)31(10)33(43)12)42(40)39-24-36(28(7)15-3)21-37(25-39)29(8)16-4/h17-29,32H,13-16,44H2,1-12H3. The Morgan fingerprint density at radius 1 is 0.591 bits per heavy atom. The Kier molecular flexibility index (Phi) is 11.4. The number of benzene rings is 3. The zero-order valence-electron chi connectivity index (χ0n) is 30.1. The maximum absolute atomic E-state index is 2.55. The largest absolute Gasteiger partial charge is 0.0843 e. The van der Waals surface area contributed by atoms with Crippen molar-refractivity contribution in [2.45, 2.75) is 132 Å². The summed E-state index contributed by atoms with van der Waals surface area (Å²) in [7, 11) is -0.688. The van der Waals surface area contributed by atoms with Gasteiger partial charge in [0.1, 0.15) is 0 Å². The van der Waals surface area contributed by atoms with E-state index in [-0.39, 0.29) is 0 Å². The predicted molar refractivity (Wildman–Crippen MR) is 201 cm³/mol. The van der Waals surface area contributed by atoms with E-state index in [1.165, 1.54) is 50.1 Å². The summed E-state index contributed by atoms with van der Waals surface area (Å²) in [6, 6.07) is 22.4. The third-order valence-electron chi connectivity index (χ3n) is 11.6. The minimum absolute atomic E-state index is 0.547. The number of rotatable bonds is 12. The maximum Gasteiger partial charge on any atom is 0.0843 e. The van der Waals surface area contributed by atoms with Crippen LogP contribution in [0.2, 0.25) is 0 Å². The summed E-state index contributed by atoms with van der Waals surface area (Å²) in [6.45, 7) is 28.4. The molecule has 5 unspecified atom stereocenters. The molecule has 1 heteroatoms. The molecule has 0 N–H and O–H groups in total. The molecule has 0 heterocycles. The van der Waals surface area contributed by atoms with Crippen molar-refractivity contribution in [1.29, 1.82) is 0 Å². The molecule has 3 aromatic carbocycles. The molecule has 0 aromatic heterocycles. The number of hydrogen-bond donors (Lipinski definition) is 0. The fourth-order valence-electron chi connectivity index (χ4n) is 7.00. The molecule has 3 aromatic rings. The van der Waals surface area contributed by atoms with Gasteiger partial charge in [-0.1, -0.05) is 138 Å². The Morgan fingerprint density at radius 3 is 1.41 bits per heavy atom. The van der Waals surface area contributed by atoms with Crippen LogP contribution >= 0.6 is 0 Å². The molecule has 0 spiro atoms. The summed E-state index contributed by atoms with van der Waals surface area (Å²) < 4.78 is 0. The zero-order chi connectivity index (χ0) is 32.3. The molecule has 0 saturated heterocycles. The van der Waals surface area contributed by atoms with Crippen LogP contribution in [0.5, 0.6) is 0 Å². The molecule has 1 aliphatic rings. The first-order valence-corrected chi connectivity index (χ1v) is 19.2. The molecule has 0 amide bonds. The quantitative estimate of drug-likeness (QED) is 0.180. The predicted octanol–water partition coefficient (Wildman–Crippen LogP) is 12.1. The molecule has 0 saturated carbocycles. The Hall–Kier alpha value is -2.64. The lowest BCUT2D eigenvalue weighted by molar-refractivity contribution is 0.711. The third-order valence-corrected chi connectivity index (χ3v) is 14.1. The lowest BCUT2D eigenvalue weighted by Crippen LogP contribution is -2.23. The molecule has 0 bridgehead atoms. The van der Waals surface area contributed by atoms with Crippen LogP contribution in [-0.4, -0.2) is 9.52 Å². The summed E-state index contributed by atoms with van der Waals surface area (Å²) >= 11 is 0. The summed E-state index contributed by atoms with van der Waals surface area (Å²) in [5.74, 6) is 2.75. The Balaban J connectivity index is 2.06. The van der Waals surface area contributed by atoms with E-state index >= 15 is 0 Å². The van der Waals surface area contributed by atoms with Crippen LogP contribution < -0.4 is 5.19 Å². The fraction of sp³-hybridized carbons (Fsp3) is 0.488. The van der Waals surface area contributed by atoms with Crippen LogP contribution in [0.4, 0.5) is 0 Å². The van der Waals surface area contributed by atoms with Gasteiger partial charge in [0.2, 0.25) is 0 Å². The Morgan fingerprint density at radius 2 is 1.02 bits per heavy atom. The molecule has 0 nitrogen and oxygen atoms in total. The van der Waals surface area contributed by atoms with E-state index in [0.29, 0.717) is 29.6 Å². The van der Waals surface area contributed by atoms with Gasteiger partial charge in [-0.25, -0.2) is 0 Å². The number of allylic oxidation sites excluding steroid dienone is 4. The van der Waals surface area contributed by atoms with E-state index < -0.39 is 9.52 Å². The smallest absolute Gasteiger partial charge is 0.0727 e. The van der Waals surface area contributed by atoms with Gasteiger partial charge in [0, 0.05) is 0 Å². The summed E-state index contributed by atoms with van der Waals surface area (Å²) in [5.41, 5.74) is 16.4. The molecule has 44 heavy (non-hydrogen) atoms. The highest BCUT2D eigenvalue weighted by molar-refractivity contribution is 6.63. The van der Waals surface area contributed by atoms with Gasteiger partial charge in [-0.15, -0.1) is 0 Å². The van der Waals surface area contributed by atoms with Crippen molar-refractivity contribution in [3.05, 3.63) is 98.8 Å². The van der Waals surface area contributed by atoms with Crippen molar-refractivity contribution in [2.24, 2.45) is 5.92 Å². The lowest BCUT2D eigenvalue weighted by atomic mass is 9.84. The number of hydrogen-bond acceptors (Lipinski definition) is 0. The Bertz CT molecular complexity index is 1480. The minimum Gasteiger partial charge on any atom is -0.0727 e. The lowest BCUT2D eigenvalue weighted by Gasteiger charge is -2.23. The van der Waals surface area contributed by atoms with Crippen molar-refractivity contribution in [3.63, 3.8) is 0 Å². The molecule has 0 aliphatic heterocycles. The van der Waals surface area contributed by atoms with E-state index in [4.69, 9.17) is 0 Å². The van der Waals surface area contributed by atoms with Crippen molar-refractivity contribution >= 4 is 14.7 Å². The van der Waals surface area contributed by atoms with E-state index in [1.807, 2.05) is 0 Å². The van der Waals surface area contributed by atoms with E-state index in [9.17, 15) is 0 Å². The Labute approximate surface area is 273 Å². The van der Waals surface area contributed by atoms with Crippen LogP contribution in [0, 0.1) is 5.92 Å². The van der Waals surface area contributed by atoms with E-state index in [1.54, 1.807) is 21.5 Å². The second-order valence-corrected chi connectivity index (χ2v) is 16.1. The van der Waals surface area contributed by atoms with Crippen LogP contribution in [0.25, 0.3) is 22.3 Å². The van der Waals surface area contributed by atoms with Gasteiger partial charge in [0.05, 0.1) is 9.52 Å². The average molecular weight is 605 g/mol. The summed E-state index contributed by atoms with van der Waals surface area (Å²) in [5, 5.41) is 3.33. The van der Waals surface area contributed by atoms with E-state index in [0.717, 1.165) is 25.7 Å². The van der Waals surface area contributed by atoms with Crippen molar-refractivity contribution in [3.8, 4) is 22.3 Å². The normalized spacial score (nSPS) is 18.4. The van der Waals surface area contributed by atoms with Crippen molar-refractivity contribution < 1.29 is 0 Å². The van der Waals surface area contributed by atoms with Gasteiger partial charge in [0.15, 0.2) is 0 Å². The van der Waals surface area contributed by atoms with Crippen molar-refractivity contribution in [2.75, 3.05) is 0 Å². The highest BCUT2D eigenvalue weighted by Crippen LogP contribution is 2.40. The topological polar surface area (TPSA) is 0 Å². The first-order chi connectivity index (χ1) is 20.9. The summed E-state index contributed by atoms with van der Waals surface area (Å²) in [4.78, 5) is 0. The second-order valence-electron chi connectivity index (χ2n) is 14.2. The second kappa shape index (κ2) is 14.6. The van der Waals surface area contributed by atoms with Crippen LogP contribution in [0.3, 0.4) is 0 Å². The van der Waals surface area contributed by atoms with Gasteiger partial charge >= 0.3 is 0 Å². The van der Waals surface area contributed by atoms with Gasteiger partial charge in [-0.2, -0.15) is 0 Å². The molecule has 0 fully saturated rings. The molecular formula is C43H60Si. The molecule has 5 atom stereocenters. The monoisotopic (exact) mass is 604 g/mol. The highest BCUT2D eigenvalue weighted by atomic mass is 28.2. The summed E-state index contributed by atoms with van der Waals surface area (Å²) in [6.07, 6.45) is 4.65. The molecule has 0 radical (unpaired) electrons. The maximum atomic E-state index is 2.55. The highest BCUT2D eigenvalue weighted by Gasteiger charge is 2.26. The molecular weight excluding hydrogens is 545 g/mol. The first-order valence-electron chi connectivity index (χ1n) is 17.7. The van der Waals surface area contributed by atoms with Gasteiger partial charge in [-0.3, -0.25) is 0 Å². The van der Waals surface area contributed by atoms with Crippen LogP contribution in [0.1, 0.15) is 155 Å². The van der Waals surface area contributed by atoms with Gasteiger partial charge < -0.3 is 0 Å². The van der Waals surface area contributed by atoms with Crippen LogP contribution in [-0.2, 0) is 0 Å². The molecule has 4 rings (SSSR count). The van der Waals surface area contributed by atoms with E-state index in [2.05, 4.69) is 138 Å². The van der Waals surface area contributed by atoms with Gasteiger partial charge in [0.25, 0.3) is 0 Å². The SMILES string of the molecule is CCC(C)c1cc(-c2cccc([SiH2]C3=C(C)C(C)=C(C)C3C)c2-c2cc(C(C)CC)cc(C(C)CC)c2)cc(C(C)CC)c1. The fourth-order valence-corrected chi connectivity index (χ4v) is 9.38. The third kappa shape index (κ3) is 6.94. The van der Waals surface area contributed by atoms with Crippen LogP contribution in [0.15, 0.2) is 76.5 Å². The molecule has 1 aliphatic carbocycles. The minimum atomic E-state index is -0.688. The zero-order valence-corrected chi connectivity index (χ0v) is 31.5. The van der Waals surface area contributed by atoms with Gasteiger partial charge in [-0.05, 0) is 126 Å². The molecule has 236 valence electrons. The van der Waals surface area contributed by atoms with Crippen molar-refractivity contribution in [1.82, 2.24) is 0 Å². The first kappa shape index (κ1) is 34.2. The average Bonchev–Trinajstić information content (AvgIpc) is 3.23.